The maximum Gasteiger partial charge on any atom is 0.240 e. The highest BCUT2D eigenvalue weighted by atomic mass is 32.2. The number of nitrogens with one attached hydrogen (secondary N) is 1. The Morgan fingerprint density at radius 3 is 1.65 bits per heavy atom. The van der Waals surface area contributed by atoms with E-state index in [0.717, 1.165) is 16.7 Å². The Bertz CT molecular complexity index is 1310. The summed E-state index contributed by atoms with van der Waals surface area (Å²) in [5.41, 5.74) is 2.37. The lowest BCUT2D eigenvalue weighted by Crippen LogP contribution is -2.39. The van der Waals surface area contributed by atoms with Crippen LogP contribution in [0, 0.1) is 5.92 Å². The minimum Gasteiger partial charge on any atom is -0.361 e. The minimum atomic E-state index is -3.59. The van der Waals surface area contributed by atoms with Crippen molar-refractivity contribution in [2.75, 3.05) is 6.61 Å². The number of hydrogen-bond acceptors (Lipinski definition) is 3. The first kappa shape index (κ1) is 25.2. The van der Waals surface area contributed by atoms with E-state index >= 15 is 0 Å². The van der Waals surface area contributed by atoms with E-state index in [-0.39, 0.29) is 16.9 Å². The molecule has 0 saturated heterocycles. The molecule has 1 N–H and O–H groups in total. The molecule has 1 aliphatic rings. The van der Waals surface area contributed by atoms with Gasteiger partial charge in [0.25, 0.3) is 0 Å². The molecule has 0 heterocycles. The van der Waals surface area contributed by atoms with Gasteiger partial charge in [0.15, 0.2) is 0 Å². The zero-order chi connectivity index (χ0) is 25.6. The van der Waals surface area contributed by atoms with Crippen LogP contribution in [-0.2, 0) is 20.4 Å². The molecule has 5 heteroatoms. The summed E-state index contributed by atoms with van der Waals surface area (Å²) in [5.74, 6) is 0.0403. The Hall–Kier alpha value is -3.51. The van der Waals surface area contributed by atoms with Crippen molar-refractivity contribution in [3.63, 3.8) is 0 Å². The van der Waals surface area contributed by atoms with Crippen LogP contribution in [0.5, 0.6) is 0 Å². The van der Waals surface area contributed by atoms with Crippen LogP contribution in [0.4, 0.5) is 0 Å². The summed E-state index contributed by atoms with van der Waals surface area (Å²) < 4.78 is 35.7. The fourth-order valence-electron chi connectivity index (χ4n) is 5.13. The van der Waals surface area contributed by atoms with E-state index in [9.17, 15) is 8.42 Å². The fourth-order valence-corrected chi connectivity index (χ4v) is 6.45. The predicted molar refractivity (Wildman–Crippen MR) is 148 cm³/mol. The fraction of sp³-hybridized carbons (Fsp3) is 0.188. The lowest BCUT2D eigenvalue weighted by Gasteiger charge is -2.36. The van der Waals surface area contributed by atoms with Crippen LogP contribution in [0.1, 0.15) is 29.5 Å². The third kappa shape index (κ3) is 5.44. The maximum absolute atomic E-state index is 13.0. The Balaban J connectivity index is 1.40. The zero-order valence-electron chi connectivity index (χ0n) is 20.6. The van der Waals surface area contributed by atoms with E-state index in [1.165, 1.54) is 0 Å². The monoisotopic (exact) mass is 509 g/mol. The molecule has 188 valence electrons. The highest BCUT2D eigenvalue weighted by Gasteiger charge is 2.38. The van der Waals surface area contributed by atoms with Gasteiger partial charge in [-0.25, -0.2) is 13.1 Å². The Labute approximate surface area is 219 Å². The van der Waals surface area contributed by atoms with Crippen LogP contribution in [0.25, 0.3) is 0 Å². The lowest BCUT2D eigenvalue weighted by molar-refractivity contribution is 0.00682. The van der Waals surface area contributed by atoms with Gasteiger partial charge in [-0.05, 0) is 47.6 Å². The average Bonchev–Trinajstić information content (AvgIpc) is 3.39. The molecule has 0 amide bonds. The SMILES string of the molecule is O=S(=O)(N[C@@H]1CC=C[C@H]1CCOC(c1ccccc1)(c1ccccc1)c1ccccc1)c1ccccc1. The third-order valence-corrected chi connectivity index (χ3v) is 8.47. The molecule has 4 nitrogen and oxygen atoms in total. The van der Waals surface area contributed by atoms with Gasteiger partial charge in [0.1, 0.15) is 5.60 Å². The van der Waals surface area contributed by atoms with Gasteiger partial charge in [-0.2, -0.15) is 0 Å². The van der Waals surface area contributed by atoms with Gasteiger partial charge in [0, 0.05) is 12.6 Å². The molecule has 0 unspecified atom stereocenters. The molecule has 1 aliphatic carbocycles. The van der Waals surface area contributed by atoms with Gasteiger partial charge in [0.05, 0.1) is 4.90 Å². The molecule has 4 aromatic rings. The smallest absolute Gasteiger partial charge is 0.240 e. The summed E-state index contributed by atoms with van der Waals surface area (Å²) >= 11 is 0. The van der Waals surface area contributed by atoms with Crippen LogP contribution in [0.2, 0.25) is 0 Å². The Kier molecular flexibility index (Phi) is 7.65. The number of sulfonamides is 1. The number of ether oxygens (including phenoxy) is 1. The quantitative estimate of drug-likeness (QED) is 0.201. The summed E-state index contributed by atoms with van der Waals surface area (Å²) in [6, 6.07) is 39.2. The van der Waals surface area contributed by atoms with Gasteiger partial charge in [-0.15, -0.1) is 0 Å². The van der Waals surface area contributed by atoms with Crippen LogP contribution >= 0.6 is 0 Å². The lowest BCUT2D eigenvalue weighted by atomic mass is 9.80. The highest BCUT2D eigenvalue weighted by molar-refractivity contribution is 7.89. The minimum absolute atomic E-state index is 0.0403. The summed E-state index contributed by atoms with van der Waals surface area (Å²) in [6.07, 6.45) is 5.52. The van der Waals surface area contributed by atoms with Crippen molar-refractivity contribution in [3.05, 3.63) is 150 Å². The summed E-state index contributed by atoms with van der Waals surface area (Å²) in [7, 11) is -3.59. The van der Waals surface area contributed by atoms with Gasteiger partial charge in [0.2, 0.25) is 10.0 Å². The molecule has 4 aromatic carbocycles. The number of hydrogen-bond donors (Lipinski definition) is 1. The molecule has 0 aliphatic heterocycles. The molecule has 0 bridgehead atoms. The maximum atomic E-state index is 13.0. The second-order valence-corrected chi connectivity index (χ2v) is 11.0. The van der Waals surface area contributed by atoms with Gasteiger partial charge < -0.3 is 4.74 Å². The first-order valence-corrected chi connectivity index (χ1v) is 14.1. The first-order valence-electron chi connectivity index (χ1n) is 12.6. The molecular weight excluding hydrogens is 478 g/mol. The Morgan fingerprint density at radius 1 is 0.703 bits per heavy atom. The van der Waals surface area contributed by atoms with Crippen LogP contribution in [-0.4, -0.2) is 21.1 Å². The molecule has 2 atom stereocenters. The van der Waals surface area contributed by atoms with Gasteiger partial charge in [-0.3, -0.25) is 0 Å². The summed E-state index contributed by atoms with van der Waals surface area (Å²) in [4.78, 5) is 0.285. The normalized spacial score (nSPS) is 17.6. The Morgan fingerprint density at radius 2 is 1.16 bits per heavy atom. The van der Waals surface area contributed by atoms with Crippen LogP contribution < -0.4 is 4.72 Å². The average molecular weight is 510 g/mol. The summed E-state index contributed by atoms with van der Waals surface area (Å²) in [5, 5.41) is 0. The van der Waals surface area contributed by atoms with Gasteiger partial charge >= 0.3 is 0 Å². The highest BCUT2D eigenvalue weighted by Crippen LogP contribution is 2.41. The topological polar surface area (TPSA) is 55.4 Å². The van der Waals surface area contributed by atoms with E-state index in [2.05, 4.69) is 53.3 Å². The molecular formula is C32H31NO3S. The van der Waals surface area contributed by atoms with E-state index in [1.807, 2.05) is 60.7 Å². The first-order chi connectivity index (χ1) is 18.1. The predicted octanol–water partition coefficient (Wildman–Crippen LogP) is 6.31. The molecule has 0 spiro atoms. The second-order valence-electron chi connectivity index (χ2n) is 9.28. The van der Waals surface area contributed by atoms with E-state index in [4.69, 9.17) is 4.74 Å². The van der Waals surface area contributed by atoms with Gasteiger partial charge in [-0.1, -0.05) is 121 Å². The number of rotatable bonds is 10. The van der Waals surface area contributed by atoms with Crippen molar-refractivity contribution in [2.24, 2.45) is 5.92 Å². The van der Waals surface area contributed by atoms with E-state index in [0.29, 0.717) is 19.4 Å². The van der Waals surface area contributed by atoms with Crippen molar-refractivity contribution >= 4 is 10.0 Å². The van der Waals surface area contributed by atoms with Crippen LogP contribution in [0.15, 0.2) is 138 Å². The van der Waals surface area contributed by atoms with Crippen molar-refractivity contribution < 1.29 is 13.2 Å². The molecule has 0 radical (unpaired) electrons. The van der Waals surface area contributed by atoms with E-state index < -0.39 is 15.6 Å². The van der Waals surface area contributed by atoms with Crippen molar-refractivity contribution in [3.8, 4) is 0 Å². The molecule has 37 heavy (non-hydrogen) atoms. The molecule has 0 aromatic heterocycles. The molecule has 0 saturated carbocycles. The summed E-state index contributed by atoms with van der Waals surface area (Å²) in [6.45, 7) is 0.456. The second kappa shape index (κ2) is 11.3. The zero-order valence-corrected chi connectivity index (χ0v) is 21.4. The van der Waals surface area contributed by atoms with Crippen molar-refractivity contribution in [1.29, 1.82) is 0 Å². The van der Waals surface area contributed by atoms with E-state index in [1.54, 1.807) is 24.3 Å². The van der Waals surface area contributed by atoms with Crippen LogP contribution in [0.3, 0.4) is 0 Å². The molecule has 5 rings (SSSR count). The third-order valence-electron chi connectivity index (χ3n) is 6.96. The van der Waals surface area contributed by atoms with Crippen molar-refractivity contribution in [2.45, 2.75) is 29.4 Å². The standard InChI is InChI=1S/C32H31NO3S/c34-37(35,30-21-11-4-12-22-30)33-31-23-13-14-26(31)24-25-36-32(27-15-5-1-6-16-27,28-17-7-2-8-18-28)29-19-9-3-10-20-29/h1-22,26,31,33H,23-25H2/t26-,31+/m0/s1. The molecule has 0 fully saturated rings. The largest absolute Gasteiger partial charge is 0.361 e. The van der Waals surface area contributed by atoms with Crippen molar-refractivity contribution in [1.82, 2.24) is 4.72 Å². The number of benzene rings is 4.